The van der Waals surface area contributed by atoms with Gasteiger partial charge in [0.1, 0.15) is 0 Å². The number of fused-ring (bicyclic) bond motifs is 1. The van der Waals surface area contributed by atoms with Gasteiger partial charge < -0.3 is 14.9 Å². The molecule has 2 heterocycles. The molecule has 20 heavy (non-hydrogen) atoms. The number of ether oxygens (including phenoxy) is 2. The molecule has 0 fully saturated rings. The zero-order chi connectivity index (χ0) is 14.1. The Balaban J connectivity index is 2.03. The van der Waals surface area contributed by atoms with Crippen molar-refractivity contribution in [2.45, 2.75) is 18.1 Å². The summed E-state index contributed by atoms with van der Waals surface area (Å²) in [6, 6.07) is 6.10. The van der Waals surface area contributed by atoms with Crippen LogP contribution in [0.5, 0.6) is 11.5 Å². The first-order chi connectivity index (χ1) is 9.72. The number of methoxy groups -OCH3 is 2. The lowest BCUT2D eigenvalue weighted by Gasteiger charge is -2.23. The minimum absolute atomic E-state index is 0.377. The van der Waals surface area contributed by atoms with Crippen LogP contribution in [0.1, 0.15) is 6.92 Å². The fourth-order valence-corrected chi connectivity index (χ4v) is 2.94. The van der Waals surface area contributed by atoms with Crippen LogP contribution in [0.2, 0.25) is 0 Å². The van der Waals surface area contributed by atoms with E-state index in [1.807, 2.05) is 22.9 Å². The van der Waals surface area contributed by atoms with Crippen molar-refractivity contribution in [3.05, 3.63) is 18.2 Å². The fourth-order valence-electron chi connectivity index (χ4n) is 2.10. The summed E-state index contributed by atoms with van der Waals surface area (Å²) in [6.07, 6.45) is 0. The third-order valence-corrected chi connectivity index (χ3v) is 4.28. The van der Waals surface area contributed by atoms with E-state index in [-0.39, 0.29) is 0 Å². The van der Waals surface area contributed by atoms with E-state index < -0.39 is 0 Å². The second kappa shape index (κ2) is 5.24. The molecule has 0 bridgehead atoms. The largest absolute Gasteiger partial charge is 0.493 e. The molecule has 0 saturated carbocycles. The molecule has 0 radical (unpaired) electrons. The second-order valence-electron chi connectivity index (χ2n) is 4.55. The first kappa shape index (κ1) is 13.1. The molecule has 1 unspecified atom stereocenters. The molecule has 0 saturated heterocycles. The van der Waals surface area contributed by atoms with Crippen molar-refractivity contribution < 1.29 is 9.47 Å². The monoisotopic (exact) mass is 292 g/mol. The van der Waals surface area contributed by atoms with Gasteiger partial charge in [0.05, 0.1) is 14.2 Å². The quantitative estimate of drug-likeness (QED) is 0.933. The highest BCUT2D eigenvalue weighted by Crippen LogP contribution is 2.33. The number of benzene rings is 1. The zero-order valence-electron chi connectivity index (χ0n) is 11.6. The number of hydrogen-bond acceptors (Lipinski definition) is 6. The molecule has 7 heteroatoms. The van der Waals surface area contributed by atoms with Crippen LogP contribution in [0, 0.1) is 0 Å². The van der Waals surface area contributed by atoms with Crippen molar-refractivity contribution in [1.29, 1.82) is 0 Å². The van der Waals surface area contributed by atoms with Crippen LogP contribution in [0.4, 0.5) is 0 Å². The van der Waals surface area contributed by atoms with Gasteiger partial charge in [0.25, 0.3) is 0 Å². The van der Waals surface area contributed by atoms with Gasteiger partial charge in [-0.3, -0.25) is 0 Å². The van der Waals surface area contributed by atoms with Gasteiger partial charge in [0.15, 0.2) is 17.3 Å². The number of nitrogens with one attached hydrogen (secondary N) is 1. The average Bonchev–Trinajstić information content (AvgIpc) is 2.89. The average molecular weight is 292 g/mol. The molecule has 1 aliphatic heterocycles. The maximum Gasteiger partial charge on any atom is 0.210 e. The van der Waals surface area contributed by atoms with E-state index in [9.17, 15) is 0 Å². The fraction of sp³-hybridized carbons (Fsp3) is 0.385. The molecule has 3 rings (SSSR count). The Hall–Kier alpha value is -1.89. The molecule has 2 aromatic rings. The summed E-state index contributed by atoms with van der Waals surface area (Å²) in [5.74, 6) is 3.15. The highest BCUT2D eigenvalue weighted by molar-refractivity contribution is 7.99. The van der Waals surface area contributed by atoms with Gasteiger partial charge in [-0.2, -0.15) is 0 Å². The predicted molar refractivity (Wildman–Crippen MR) is 78.1 cm³/mol. The van der Waals surface area contributed by atoms with Crippen molar-refractivity contribution in [2.24, 2.45) is 0 Å². The van der Waals surface area contributed by atoms with Gasteiger partial charge in [-0.25, -0.2) is 4.68 Å². The SMILES string of the molecule is COc1ccc(-c2nnc3n2NC(C)CS3)cc1OC. The normalized spacial score (nSPS) is 17.2. The van der Waals surface area contributed by atoms with Gasteiger partial charge in [-0.1, -0.05) is 11.8 Å². The van der Waals surface area contributed by atoms with Crippen molar-refractivity contribution in [2.75, 3.05) is 25.4 Å². The van der Waals surface area contributed by atoms with Crippen molar-refractivity contribution in [3.8, 4) is 22.9 Å². The Labute approximate surface area is 121 Å². The Morgan fingerprint density at radius 3 is 2.80 bits per heavy atom. The third-order valence-electron chi connectivity index (χ3n) is 3.09. The first-order valence-corrected chi connectivity index (χ1v) is 7.28. The highest BCUT2D eigenvalue weighted by atomic mass is 32.2. The maximum atomic E-state index is 5.33. The summed E-state index contributed by atoms with van der Waals surface area (Å²) in [7, 11) is 3.24. The van der Waals surface area contributed by atoms with E-state index in [0.717, 1.165) is 22.3 Å². The van der Waals surface area contributed by atoms with E-state index in [4.69, 9.17) is 9.47 Å². The van der Waals surface area contributed by atoms with Crippen LogP contribution in [-0.2, 0) is 0 Å². The highest BCUT2D eigenvalue weighted by Gasteiger charge is 2.21. The Morgan fingerprint density at radius 1 is 1.25 bits per heavy atom. The van der Waals surface area contributed by atoms with E-state index in [0.29, 0.717) is 17.5 Å². The molecule has 1 aliphatic rings. The summed E-state index contributed by atoms with van der Waals surface area (Å²) in [5, 5.41) is 9.36. The summed E-state index contributed by atoms with van der Waals surface area (Å²) >= 11 is 1.70. The minimum Gasteiger partial charge on any atom is -0.493 e. The van der Waals surface area contributed by atoms with Crippen LogP contribution in [0.25, 0.3) is 11.4 Å². The molecule has 1 N–H and O–H groups in total. The lowest BCUT2D eigenvalue weighted by atomic mass is 10.2. The lowest BCUT2D eigenvalue weighted by Crippen LogP contribution is -2.32. The molecular formula is C13H16N4O2S. The van der Waals surface area contributed by atoms with Crippen LogP contribution in [0.3, 0.4) is 0 Å². The molecule has 0 amide bonds. The van der Waals surface area contributed by atoms with E-state index >= 15 is 0 Å². The second-order valence-corrected chi connectivity index (χ2v) is 5.54. The smallest absolute Gasteiger partial charge is 0.210 e. The van der Waals surface area contributed by atoms with Gasteiger partial charge in [0, 0.05) is 17.4 Å². The van der Waals surface area contributed by atoms with Gasteiger partial charge in [0.2, 0.25) is 5.16 Å². The molecule has 1 aromatic heterocycles. The van der Waals surface area contributed by atoms with Crippen LogP contribution in [-0.4, -0.2) is 40.9 Å². The topological polar surface area (TPSA) is 61.2 Å². The standard InChI is InChI=1S/C13H16N4O2S/c1-8-7-20-13-15-14-12(17(13)16-8)9-4-5-10(18-2)11(6-9)19-3/h4-6,8,16H,7H2,1-3H3. The van der Waals surface area contributed by atoms with Crippen LogP contribution < -0.4 is 14.9 Å². The summed E-state index contributed by atoms with van der Waals surface area (Å²) in [4.78, 5) is 0. The number of hydrogen-bond donors (Lipinski definition) is 1. The third kappa shape index (κ3) is 2.18. The maximum absolute atomic E-state index is 5.33. The van der Waals surface area contributed by atoms with Crippen molar-refractivity contribution >= 4 is 11.8 Å². The number of aromatic nitrogens is 3. The Kier molecular flexibility index (Phi) is 3.43. The first-order valence-electron chi connectivity index (χ1n) is 6.30. The number of nitrogens with zero attached hydrogens (tertiary/aromatic N) is 3. The predicted octanol–water partition coefficient (Wildman–Crippen LogP) is 2.00. The van der Waals surface area contributed by atoms with Crippen LogP contribution >= 0.6 is 11.8 Å². The van der Waals surface area contributed by atoms with Crippen LogP contribution in [0.15, 0.2) is 23.4 Å². The van der Waals surface area contributed by atoms with E-state index in [1.165, 1.54) is 0 Å². The Bertz CT molecular complexity index is 629. The minimum atomic E-state index is 0.377. The number of thioether (sulfide) groups is 1. The van der Waals surface area contributed by atoms with Crippen molar-refractivity contribution in [3.63, 3.8) is 0 Å². The molecular weight excluding hydrogens is 276 g/mol. The van der Waals surface area contributed by atoms with Gasteiger partial charge >= 0.3 is 0 Å². The molecule has 0 aliphatic carbocycles. The van der Waals surface area contributed by atoms with Gasteiger partial charge in [-0.05, 0) is 25.1 Å². The summed E-state index contributed by atoms with van der Waals surface area (Å²) in [5.41, 5.74) is 4.31. The molecule has 0 spiro atoms. The molecule has 1 atom stereocenters. The molecule has 106 valence electrons. The van der Waals surface area contributed by atoms with E-state index in [1.54, 1.807) is 26.0 Å². The van der Waals surface area contributed by atoms with Crippen molar-refractivity contribution in [1.82, 2.24) is 14.9 Å². The lowest BCUT2D eigenvalue weighted by molar-refractivity contribution is 0.355. The zero-order valence-corrected chi connectivity index (χ0v) is 12.4. The number of rotatable bonds is 3. The Morgan fingerprint density at radius 2 is 2.05 bits per heavy atom. The summed E-state index contributed by atoms with van der Waals surface area (Å²) < 4.78 is 12.5. The molecule has 1 aromatic carbocycles. The van der Waals surface area contributed by atoms with E-state index in [2.05, 4.69) is 22.5 Å². The van der Waals surface area contributed by atoms with Gasteiger partial charge in [-0.15, -0.1) is 10.2 Å². The summed E-state index contributed by atoms with van der Waals surface area (Å²) in [6.45, 7) is 2.13. The molecule has 6 nitrogen and oxygen atoms in total.